The molecule has 0 radical (unpaired) electrons. The smallest absolute Gasteiger partial charge is 0.331 e. The van der Waals surface area contributed by atoms with Gasteiger partial charge in [-0.05, 0) is 56.9 Å². The summed E-state index contributed by atoms with van der Waals surface area (Å²) in [6, 6.07) is 6.59. The standard InChI is InChI=1S/C22H32N2O5S/c1-5-23(6-2)30(27,28)20-13-10-19(11-14-20)12-15-22(26)29-16-21(25)24-17(3)8-7-9-18(24)4/h10-15,17-18H,5-9,16H2,1-4H3/b15-12+/t17-,18+. The largest absolute Gasteiger partial charge is 0.452 e. The van der Waals surface area contributed by atoms with Gasteiger partial charge in [-0.2, -0.15) is 4.31 Å². The Morgan fingerprint density at radius 1 is 1.10 bits per heavy atom. The first-order valence-electron chi connectivity index (χ1n) is 10.5. The molecule has 0 saturated carbocycles. The first kappa shape index (κ1) is 24.1. The number of likely N-dealkylation sites (tertiary alicyclic amines) is 1. The number of hydrogen-bond acceptors (Lipinski definition) is 5. The average molecular weight is 437 g/mol. The summed E-state index contributed by atoms with van der Waals surface area (Å²) in [5.74, 6) is -0.789. The van der Waals surface area contributed by atoms with Crippen LogP contribution in [0.5, 0.6) is 0 Å². The van der Waals surface area contributed by atoms with E-state index in [-0.39, 0.29) is 29.5 Å². The second kappa shape index (κ2) is 10.7. The van der Waals surface area contributed by atoms with Crippen LogP contribution in [0.2, 0.25) is 0 Å². The normalized spacial score (nSPS) is 20.0. The molecule has 2 rings (SSSR count). The summed E-state index contributed by atoms with van der Waals surface area (Å²) in [6.45, 7) is 8.14. The lowest BCUT2D eigenvalue weighted by Gasteiger charge is -2.38. The van der Waals surface area contributed by atoms with Crippen molar-refractivity contribution in [3.05, 3.63) is 35.9 Å². The van der Waals surface area contributed by atoms with E-state index in [1.807, 2.05) is 13.8 Å². The van der Waals surface area contributed by atoms with Crippen molar-refractivity contribution < 1.29 is 22.7 Å². The Bertz CT molecular complexity index is 850. The summed E-state index contributed by atoms with van der Waals surface area (Å²) < 4.78 is 31.5. The Hall–Kier alpha value is -2.19. The first-order chi connectivity index (χ1) is 14.2. The zero-order chi connectivity index (χ0) is 22.3. The van der Waals surface area contributed by atoms with Crippen molar-refractivity contribution in [1.29, 1.82) is 0 Å². The SMILES string of the molecule is CCN(CC)S(=O)(=O)c1ccc(/C=C/C(=O)OCC(=O)N2[C@H](C)CCC[C@@H]2C)cc1. The molecule has 0 N–H and O–H groups in total. The van der Waals surface area contributed by atoms with Crippen molar-refractivity contribution in [3.8, 4) is 0 Å². The van der Waals surface area contributed by atoms with Gasteiger partial charge in [0.1, 0.15) is 0 Å². The van der Waals surface area contributed by atoms with Crippen LogP contribution in [0.4, 0.5) is 0 Å². The molecule has 1 amide bonds. The summed E-state index contributed by atoms with van der Waals surface area (Å²) in [6.07, 6.45) is 5.80. The molecule has 0 unspecified atom stereocenters. The van der Waals surface area contributed by atoms with Crippen LogP contribution in [0.15, 0.2) is 35.2 Å². The van der Waals surface area contributed by atoms with E-state index in [2.05, 4.69) is 0 Å². The Morgan fingerprint density at radius 2 is 1.67 bits per heavy atom. The third-order valence-electron chi connectivity index (χ3n) is 5.45. The number of hydrogen-bond donors (Lipinski definition) is 0. The Balaban J connectivity index is 1.93. The number of esters is 1. The van der Waals surface area contributed by atoms with Gasteiger partial charge in [-0.3, -0.25) is 4.79 Å². The zero-order valence-corrected chi connectivity index (χ0v) is 19.0. The minimum atomic E-state index is -3.51. The minimum Gasteiger partial charge on any atom is -0.452 e. The van der Waals surface area contributed by atoms with E-state index < -0.39 is 16.0 Å². The summed E-state index contributed by atoms with van der Waals surface area (Å²) in [5.41, 5.74) is 0.662. The van der Waals surface area contributed by atoms with Crippen molar-refractivity contribution in [2.24, 2.45) is 0 Å². The van der Waals surface area contributed by atoms with E-state index >= 15 is 0 Å². The van der Waals surface area contributed by atoms with Crippen molar-refractivity contribution >= 4 is 28.0 Å². The summed E-state index contributed by atoms with van der Waals surface area (Å²) in [4.78, 5) is 26.4. The summed E-state index contributed by atoms with van der Waals surface area (Å²) >= 11 is 0. The van der Waals surface area contributed by atoms with Gasteiger partial charge in [0.15, 0.2) is 6.61 Å². The highest BCUT2D eigenvalue weighted by Gasteiger charge is 2.29. The minimum absolute atomic E-state index is 0.154. The number of amides is 1. The number of nitrogens with zero attached hydrogens (tertiary/aromatic N) is 2. The first-order valence-corrected chi connectivity index (χ1v) is 11.9. The number of benzene rings is 1. The molecule has 0 spiro atoms. The van der Waals surface area contributed by atoms with Crippen molar-refractivity contribution in [2.45, 2.75) is 63.9 Å². The Morgan fingerprint density at radius 3 is 2.20 bits per heavy atom. The molecule has 1 heterocycles. The Kier molecular flexibility index (Phi) is 8.61. The number of sulfonamides is 1. The maximum atomic E-state index is 12.5. The fourth-order valence-corrected chi connectivity index (χ4v) is 5.25. The topological polar surface area (TPSA) is 84.0 Å². The third kappa shape index (κ3) is 5.92. The van der Waals surface area contributed by atoms with Crippen LogP contribution in [0, 0.1) is 0 Å². The maximum absolute atomic E-state index is 12.5. The molecule has 0 aromatic heterocycles. The lowest BCUT2D eigenvalue weighted by Crippen LogP contribution is -2.49. The van der Waals surface area contributed by atoms with Gasteiger partial charge in [0, 0.05) is 31.2 Å². The van der Waals surface area contributed by atoms with Gasteiger partial charge in [-0.1, -0.05) is 26.0 Å². The zero-order valence-electron chi connectivity index (χ0n) is 18.2. The molecular formula is C22H32N2O5S. The van der Waals surface area contributed by atoms with Gasteiger partial charge >= 0.3 is 5.97 Å². The lowest BCUT2D eigenvalue weighted by atomic mass is 9.97. The van der Waals surface area contributed by atoms with E-state index in [4.69, 9.17) is 4.74 Å². The number of piperidine rings is 1. The molecule has 0 aliphatic carbocycles. The van der Waals surface area contributed by atoms with Crippen LogP contribution >= 0.6 is 0 Å². The van der Waals surface area contributed by atoms with Gasteiger partial charge in [0.25, 0.3) is 5.91 Å². The number of ether oxygens (including phenoxy) is 1. The molecule has 1 saturated heterocycles. The molecule has 1 aliphatic rings. The van der Waals surface area contributed by atoms with Gasteiger partial charge in [-0.15, -0.1) is 0 Å². The molecule has 30 heavy (non-hydrogen) atoms. The molecule has 1 aliphatic heterocycles. The monoisotopic (exact) mass is 436 g/mol. The molecule has 1 aromatic carbocycles. The molecule has 8 heteroatoms. The van der Waals surface area contributed by atoms with Crippen LogP contribution in [-0.2, 0) is 24.3 Å². The number of carbonyl (C=O) groups excluding carboxylic acids is 2. The van der Waals surface area contributed by atoms with E-state index in [0.717, 1.165) is 19.3 Å². The van der Waals surface area contributed by atoms with Crippen LogP contribution in [0.3, 0.4) is 0 Å². The quantitative estimate of drug-likeness (QED) is 0.462. The summed E-state index contributed by atoms with van der Waals surface area (Å²) in [7, 11) is -3.51. The van der Waals surface area contributed by atoms with Gasteiger partial charge in [0.2, 0.25) is 10.0 Å². The molecule has 0 bridgehead atoms. The fraction of sp³-hybridized carbons (Fsp3) is 0.545. The summed E-state index contributed by atoms with van der Waals surface area (Å²) in [5, 5.41) is 0. The molecule has 1 fully saturated rings. The second-order valence-electron chi connectivity index (χ2n) is 7.53. The number of rotatable bonds is 8. The predicted octanol–water partition coefficient (Wildman–Crippen LogP) is 3.06. The van der Waals surface area contributed by atoms with E-state index in [1.54, 1.807) is 30.9 Å². The highest BCUT2D eigenvalue weighted by Crippen LogP contribution is 2.22. The lowest BCUT2D eigenvalue weighted by molar-refractivity contribution is -0.151. The van der Waals surface area contributed by atoms with Gasteiger partial charge in [0.05, 0.1) is 4.90 Å². The Labute approximate surface area is 179 Å². The van der Waals surface area contributed by atoms with Crippen molar-refractivity contribution in [2.75, 3.05) is 19.7 Å². The van der Waals surface area contributed by atoms with Crippen LogP contribution in [0.25, 0.3) is 6.08 Å². The molecule has 166 valence electrons. The van der Waals surface area contributed by atoms with E-state index in [0.29, 0.717) is 18.7 Å². The van der Waals surface area contributed by atoms with Crippen LogP contribution in [-0.4, -0.2) is 61.3 Å². The number of carbonyl (C=O) groups is 2. The second-order valence-corrected chi connectivity index (χ2v) is 9.47. The van der Waals surface area contributed by atoms with Gasteiger partial charge in [-0.25, -0.2) is 13.2 Å². The molecule has 7 nitrogen and oxygen atoms in total. The van der Waals surface area contributed by atoms with Crippen molar-refractivity contribution in [1.82, 2.24) is 9.21 Å². The van der Waals surface area contributed by atoms with Crippen LogP contribution < -0.4 is 0 Å². The predicted molar refractivity (Wildman–Crippen MR) is 116 cm³/mol. The molecular weight excluding hydrogens is 404 g/mol. The fourth-order valence-electron chi connectivity index (χ4n) is 3.80. The highest BCUT2D eigenvalue weighted by atomic mass is 32.2. The average Bonchev–Trinajstić information content (AvgIpc) is 2.71. The van der Waals surface area contributed by atoms with E-state index in [1.165, 1.54) is 28.6 Å². The van der Waals surface area contributed by atoms with Gasteiger partial charge < -0.3 is 9.64 Å². The highest BCUT2D eigenvalue weighted by molar-refractivity contribution is 7.89. The van der Waals surface area contributed by atoms with Crippen LogP contribution in [0.1, 0.15) is 52.5 Å². The molecule has 2 atom stereocenters. The van der Waals surface area contributed by atoms with E-state index in [9.17, 15) is 18.0 Å². The maximum Gasteiger partial charge on any atom is 0.331 e. The van der Waals surface area contributed by atoms with Crippen molar-refractivity contribution in [3.63, 3.8) is 0 Å². The third-order valence-corrected chi connectivity index (χ3v) is 7.52. The molecule has 1 aromatic rings.